The summed E-state index contributed by atoms with van der Waals surface area (Å²) >= 11 is 3.81. The number of benzene rings is 1. The molecule has 2 nitrogen and oxygen atoms in total. The zero-order chi connectivity index (χ0) is 12.5. The SMILES string of the molecule is Cn1nc(CCCC(Br)C2CC2)c2ccccc21. The van der Waals surface area contributed by atoms with Crippen LogP contribution >= 0.6 is 15.9 Å². The van der Waals surface area contributed by atoms with Gasteiger partial charge < -0.3 is 0 Å². The number of alkyl halides is 1. The summed E-state index contributed by atoms with van der Waals surface area (Å²) < 4.78 is 2.00. The zero-order valence-electron chi connectivity index (χ0n) is 10.8. The molecule has 0 aliphatic heterocycles. The highest BCUT2D eigenvalue weighted by atomic mass is 79.9. The first-order chi connectivity index (χ1) is 8.75. The second kappa shape index (κ2) is 5.04. The summed E-state index contributed by atoms with van der Waals surface area (Å²) in [5.74, 6) is 0.950. The minimum Gasteiger partial charge on any atom is -0.268 e. The molecule has 1 fully saturated rings. The quantitative estimate of drug-likeness (QED) is 0.761. The van der Waals surface area contributed by atoms with Gasteiger partial charge >= 0.3 is 0 Å². The van der Waals surface area contributed by atoms with Gasteiger partial charge in [-0.25, -0.2) is 0 Å². The number of halogens is 1. The van der Waals surface area contributed by atoms with Gasteiger partial charge in [0.2, 0.25) is 0 Å². The van der Waals surface area contributed by atoms with Crippen molar-refractivity contribution in [2.45, 2.75) is 36.9 Å². The Kier molecular flexibility index (Phi) is 3.42. The average molecular weight is 307 g/mol. The van der Waals surface area contributed by atoms with Gasteiger partial charge in [-0.3, -0.25) is 4.68 Å². The number of aromatic nitrogens is 2. The van der Waals surface area contributed by atoms with Crippen LogP contribution in [0.1, 0.15) is 31.4 Å². The Balaban J connectivity index is 1.67. The first-order valence-electron chi connectivity index (χ1n) is 6.80. The van der Waals surface area contributed by atoms with E-state index >= 15 is 0 Å². The first kappa shape index (κ1) is 12.2. The predicted octanol–water partition coefficient (Wildman–Crippen LogP) is 4.07. The van der Waals surface area contributed by atoms with Crippen molar-refractivity contribution in [2.75, 3.05) is 0 Å². The van der Waals surface area contributed by atoms with Crippen molar-refractivity contribution >= 4 is 26.8 Å². The molecule has 0 spiro atoms. The van der Waals surface area contributed by atoms with Crippen LogP contribution in [0.2, 0.25) is 0 Å². The molecule has 1 atom stereocenters. The molecule has 0 radical (unpaired) electrons. The van der Waals surface area contributed by atoms with Crippen molar-refractivity contribution in [3.8, 4) is 0 Å². The van der Waals surface area contributed by atoms with Gasteiger partial charge in [0.05, 0.1) is 11.2 Å². The number of hydrogen-bond donors (Lipinski definition) is 0. The summed E-state index contributed by atoms with van der Waals surface area (Å²) in [6.07, 6.45) is 6.43. The fraction of sp³-hybridized carbons (Fsp3) is 0.533. The van der Waals surface area contributed by atoms with E-state index in [1.165, 1.54) is 42.3 Å². The van der Waals surface area contributed by atoms with E-state index in [1.54, 1.807) is 0 Å². The molecule has 1 heterocycles. The van der Waals surface area contributed by atoms with Crippen molar-refractivity contribution < 1.29 is 0 Å². The number of nitrogens with zero attached hydrogens (tertiary/aromatic N) is 2. The Bertz CT molecular complexity index is 542. The number of fused-ring (bicyclic) bond motifs is 1. The second-order valence-corrected chi connectivity index (χ2v) is 6.51. The van der Waals surface area contributed by atoms with Crippen LogP contribution in [0.5, 0.6) is 0 Å². The van der Waals surface area contributed by atoms with Crippen LogP contribution in [0.3, 0.4) is 0 Å². The van der Waals surface area contributed by atoms with Gasteiger partial charge in [0, 0.05) is 17.3 Å². The lowest BCUT2D eigenvalue weighted by atomic mass is 10.1. The lowest BCUT2D eigenvalue weighted by Gasteiger charge is -2.06. The van der Waals surface area contributed by atoms with Gasteiger partial charge in [-0.15, -0.1) is 0 Å². The third-order valence-corrected chi connectivity index (χ3v) is 5.07. The van der Waals surface area contributed by atoms with E-state index in [2.05, 4.69) is 45.3 Å². The summed E-state index contributed by atoms with van der Waals surface area (Å²) in [6, 6.07) is 8.51. The van der Waals surface area contributed by atoms with Gasteiger partial charge in [-0.2, -0.15) is 5.10 Å². The minimum atomic E-state index is 0.729. The van der Waals surface area contributed by atoms with E-state index in [9.17, 15) is 0 Å². The largest absolute Gasteiger partial charge is 0.268 e. The molecule has 96 valence electrons. The Hall–Kier alpha value is -0.830. The van der Waals surface area contributed by atoms with Crippen LogP contribution in [-0.4, -0.2) is 14.6 Å². The number of hydrogen-bond acceptors (Lipinski definition) is 1. The molecule has 1 saturated carbocycles. The Labute approximate surface area is 117 Å². The summed E-state index contributed by atoms with van der Waals surface area (Å²) in [6.45, 7) is 0. The molecule has 3 rings (SSSR count). The van der Waals surface area contributed by atoms with E-state index < -0.39 is 0 Å². The van der Waals surface area contributed by atoms with Crippen LogP contribution in [0, 0.1) is 5.92 Å². The molecule has 1 aromatic carbocycles. The maximum Gasteiger partial charge on any atom is 0.0703 e. The molecular formula is C15H19BrN2. The van der Waals surface area contributed by atoms with E-state index in [0.717, 1.165) is 17.2 Å². The standard InChI is InChI=1S/C15H19BrN2/c1-18-15-8-3-2-5-12(15)14(17-18)7-4-6-13(16)11-9-10-11/h2-3,5,8,11,13H,4,6-7,9-10H2,1H3. The average Bonchev–Trinajstić information content (AvgIpc) is 3.17. The van der Waals surface area contributed by atoms with Crippen LogP contribution in [-0.2, 0) is 13.5 Å². The maximum atomic E-state index is 4.65. The summed E-state index contributed by atoms with van der Waals surface area (Å²) in [5.41, 5.74) is 2.49. The molecular weight excluding hydrogens is 288 g/mol. The zero-order valence-corrected chi connectivity index (χ0v) is 12.4. The van der Waals surface area contributed by atoms with E-state index in [0.29, 0.717) is 0 Å². The Morgan fingerprint density at radius 2 is 2.17 bits per heavy atom. The Morgan fingerprint density at radius 1 is 1.39 bits per heavy atom. The minimum absolute atomic E-state index is 0.729. The van der Waals surface area contributed by atoms with Crippen LogP contribution in [0.25, 0.3) is 10.9 Å². The molecule has 0 amide bonds. The van der Waals surface area contributed by atoms with Crippen LogP contribution in [0.15, 0.2) is 24.3 Å². The van der Waals surface area contributed by atoms with Crippen molar-refractivity contribution in [3.63, 3.8) is 0 Å². The molecule has 18 heavy (non-hydrogen) atoms. The maximum absolute atomic E-state index is 4.65. The molecule has 2 aromatic rings. The molecule has 0 saturated heterocycles. The highest BCUT2D eigenvalue weighted by Gasteiger charge is 2.28. The normalized spacial score (nSPS) is 17.2. The van der Waals surface area contributed by atoms with E-state index in [1.807, 2.05) is 11.7 Å². The topological polar surface area (TPSA) is 17.8 Å². The van der Waals surface area contributed by atoms with Gasteiger partial charge in [-0.1, -0.05) is 34.1 Å². The fourth-order valence-corrected chi connectivity index (χ4v) is 3.48. The van der Waals surface area contributed by atoms with Crippen molar-refractivity contribution in [1.29, 1.82) is 0 Å². The van der Waals surface area contributed by atoms with Gasteiger partial charge in [0.1, 0.15) is 0 Å². The smallest absolute Gasteiger partial charge is 0.0703 e. The third kappa shape index (κ3) is 2.46. The predicted molar refractivity (Wildman–Crippen MR) is 79.1 cm³/mol. The van der Waals surface area contributed by atoms with Crippen LogP contribution < -0.4 is 0 Å². The molecule has 1 aliphatic rings. The van der Waals surface area contributed by atoms with Gasteiger partial charge in [0.25, 0.3) is 0 Å². The third-order valence-electron chi connectivity index (χ3n) is 3.86. The Morgan fingerprint density at radius 3 is 2.94 bits per heavy atom. The van der Waals surface area contributed by atoms with Crippen molar-refractivity contribution in [2.24, 2.45) is 13.0 Å². The van der Waals surface area contributed by atoms with E-state index in [-0.39, 0.29) is 0 Å². The van der Waals surface area contributed by atoms with Gasteiger partial charge in [-0.05, 0) is 44.1 Å². The number of aryl methyl sites for hydroxylation is 2. The highest BCUT2D eigenvalue weighted by Crippen LogP contribution is 2.38. The molecule has 0 N–H and O–H groups in total. The monoisotopic (exact) mass is 306 g/mol. The summed E-state index contributed by atoms with van der Waals surface area (Å²) in [5, 5.41) is 5.97. The van der Waals surface area contributed by atoms with Crippen molar-refractivity contribution in [1.82, 2.24) is 9.78 Å². The lowest BCUT2D eigenvalue weighted by molar-refractivity contribution is 0.642. The van der Waals surface area contributed by atoms with E-state index in [4.69, 9.17) is 0 Å². The first-order valence-corrected chi connectivity index (χ1v) is 7.72. The lowest BCUT2D eigenvalue weighted by Crippen LogP contribution is -2.01. The summed E-state index contributed by atoms with van der Waals surface area (Å²) in [4.78, 5) is 0.729. The molecule has 0 bridgehead atoms. The summed E-state index contributed by atoms with van der Waals surface area (Å²) in [7, 11) is 2.03. The number of para-hydroxylation sites is 1. The number of rotatable bonds is 5. The van der Waals surface area contributed by atoms with Gasteiger partial charge in [0.15, 0.2) is 0 Å². The molecule has 3 heteroatoms. The highest BCUT2D eigenvalue weighted by molar-refractivity contribution is 9.09. The molecule has 1 aliphatic carbocycles. The molecule has 1 unspecified atom stereocenters. The van der Waals surface area contributed by atoms with Crippen LogP contribution in [0.4, 0.5) is 0 Å². The van der Waals surface area contributed by atoms with Crippen molar-refractivity contribution in [3.05, 3.63) is 30.0 Å². The fourth-order valence-electron chi connectivity index (χ4n) is 2.63. The second-order valence-electron chi connectivity index (χ2n) is 5.33. The molecule has 1 aromatic heterocycles.